The van der Waals surface area contributed by atoms with Crippen molar-refractivity contribution in [3.05, 3.63) is 24.0 Å². The maximum Gasteiger partial charge on any atom is 0.243 e. The highest BCUT2D eigenvalue weighted by atomic mass is 32.2. The molecule has 0 spiro atoms. The number of carbonyl (C=O) groups excluding carboxylic acids is 1. The number of carbonyl (C=O) groups is 1. The maximum atomic E-state index is 12.9. The summed E-state index contributed by atoms with van der Waals surface area (Å²) in [6.07, 6.45) is 6.96. The number of unbranched alkanes of at least 4 members (excludes halogenated alkanes) is 2. The number of nitrogens with one attached hydrogen (secondary N) is 1. The van der Waals surface area contributed by atoms with E-state index in [9.17, 15) is 13.2 Å². The molecule has 2 heterocycles. The van der Waals surface area contributed by atoms with Gasteiger partial charge in [-0.05, 0) is 43.9 Å². The molecule has 8 heteroatoms. The topological polar surface area (TPSA) is 84.3 Å². The average Bonchev–Trinajstić information content (AvgIpc) is 3.39. The first kappa shape index (κ1) is 22.7. The highest BCUT2D eigenvalue weighted by molar-refractivity contribution is 7.89. The Bertz CT molecular complexity index is 962. The van der Waals surface area contributed by atoms with Crippen LogP contribution in [0.4, 0.5) is 0 Å². The summed E-state index contributed by atoms with van der Waals surface area (Å²) in [5.41, 5.74) is 1.61. The SMILES string of the molecule is CCCCCNC(=O)CCc1nc2cc(S(=O)(=O)N3CCCC3)ccc2n1CCC. The third kappa shape index (κ3) is 5.21. The lowest BCUT2D eigenvalue weighted by atomic mass is 10.2. The van der Waals surface area contributed by atoms with E-state index in [1.54, 1.807) is 16.4 Å². The molecule has 1 fully saturated rings. The van der Waals surface area contributed by atoms with E-state index in [-0.39, 0.29) is 5.91 Å². The fourth-order valence-electron chi connectivity index (χ4n) is 3.98. The van der Waals surface area contributed by atoms with Crippen LogP contribution >= 0.6 is 0 Å². The predicted octanol–water partition coefficient (Wildman–Crippen LogP) is 3.47. The highest BCUT2D eigenvalue weighted by Gasteiger charge is 2.27. The van der Waals surface area contributed by atoms with Crippen LogP contribution in [0.5, 0.6) is 0 Å². The zero-order chi connectivity index (χ0) is 21.6. The van der Waals surface area contributed by atoms with Gasteiger partial charge in [0.1, 0.15) is 5.82 Å². The Hall–Kier alpha value is -1.93. The smallest absolute Gasteiger partial charge is 0.243 e. The van der Waals surface area contributed by atoms with Gasteiger partial charge in [0.2, 0.25) is 15.9 Å². The first-order valence-electron chi connectivity index (χ1n) is 11.2. The van der Waals surface area contributed by atoms with Gasteiger partial charge in [0.15, 0.2) is 0 Å². The Morgan fingerprint density at radius 3 is 2.60 bits per heavy atom. The van der Waals surface area contributed by atoms with Crippen molar-refractivity contribution in [2.75, 3.05) is 19.6 Å². The normalized spacial score (nSPS) is 15.1. The lowest BCUT2D eigenvalue weighted by Gasteiger charge is -2.15. The van der Waals surface area contributed by atoms with Crippen LogP contribution in [0.3, 0.4) is 0 Å². The van der Waals surface area contributed by atoms with Crippen molar-refractivity contribution < 1.29 is 13.2 Å². The quantitative estimate of drug-likeness (QED) is 0.549. The third-order valence-electron chi connectivity index (χ3n) is 5.63. The number of aromatic nitrogens is 2. The molecule has 1 saturated heterocycles. The Balaban J connectivity index is 1.77. The Morgan fingerprint density at radius 1 is 1.13 bits per heavy atom. The van der Waals surface area contributed by atoms with Gasteiger partial charge in [-0.25, -0.2) is 13.4 Å². The minimum absolute atomic E-state index is 0.0403. The van der Waals surface area contributed by atoms with E-state index < -0.39 is 10.0 Å². The van der Waals surface area contributed by atoms with Crippen LogP contribution in [-0.2, 0) is 27.8 Å². The number of fused-ring (bicyclic) bond motifs is 1. The van der Waals surface area contributed by atoms with E-state index in [0.29, 0.717) is 36.3 Å². The van der Waals surface area contributed by atoms with Gasteiger partial charge < -0.3 is 9.88 Å². The molecular weight excluding hydrogens is 400 g/mol. The Labute approximate surface area is 179 Å². The third-order valence-corrected chi connectivity index (χ3v) is 7.52. The van der Waals surface area contributed by atoms with Crippen LogP contribution in [0.2, 0.25) is 0 Å². The van der Waals surface area contributed by atoms with E-state index in [1.165, 1.54) is 0 Å². The minimum Gasteiger partial charge on any atom is -0.356 e. The van der Waals surface area contributed by atoms with Crippen molar-refractivity contribution in [3.8, 4) is 0 Å². The molecule has 0 saturated carbocycles. The van der Waals surface area contributed by atoms with Gasteiger partial charge in [-0.1, -0.05) is 26.7 Å². The van der Waals surface area contributed by atoms with Crippen molar-refractivity contribution in [2.45, 2.75) is 76.7 Å². The summed E-state index contributed by atoms with van der Waals surface area (Å²) in [6.45, 7) is 6.93. The summed E-state index contributed by atoms with van der Waals surface area (Å²) in [7, 11) is -3.47. The molecule has 0 radical (unpaired) electrons. The molecule has 7 nitrogen and oxygen atoms in total. The number of hydrogen-bond acceptors (Lipinski definition) is 4. The van der Waals surface area contributed by atoms with E-state index in [4.69, 9.17) is 4.98 Å². The zero-order valence-electron chi connectivity index (χ0n) is 18.2. The number of hydrogen-bond donors (Lipinski definition) is 1. The molecule has 0 bridgehead atoms. The second-order valence-corrected chi connectivity index (χ2v) is 9.94. The molecule has 1 aromatic carbocycles. The summed E-state index contributed by atoms with van der Waals surface area (Å²) in [6, 6.07) is 5.23. The van der Waals surface area contributed by atoms with E-state index in [1.807, 2.05) is 6.07 Å². The summed E-state index contributed by atoms with van der Waals surface area (Å²) in [5.74, 6) is 0.879. The number of amides is 1. The minimum atomic E-state index is -3.47. The molecule has 30 heavy (non-hydrogen) atoms. The molecular formula is C22H34N4O3S. The molecule has 2 aromatic rings. The number of sulfonamides is 1. The van der Waals surface area contributed by atoms with Crippen LogP contribution in [0.15, 0.2) is 23.1 Å². The molecule has 1 N–H and O–H groups in total. The number of rotatable bonds is 11. The van der Waals surface area contributed by atoms with E-state index in [2.05, 4.69) is 23.7 Å². The second kappa shape index (κ2) is 10.4. The van der Waals surface area contributed by atoms with Crippen LogP contribution < -0.4 is 5.32 Å². The highest BCUT2D eigenvalue weighted by Crippen LogP contribution is 2.25. The molecule has 166 valence electrons. The van der Waals surface area contributed by atoms with Crippen LogP contribution in [0.1, 0.15) is 64.6 Å². The van der Waals surface area contributed by atoms with Crippen LogP contribution in [0.25, 0.3) is 11.0 Å². The van der Waals surface area contributed by atoms with Crippen molar-refractivity contribution in [2.24, 2.45) is 0 Å². The van der Waals surface area contributed by atoms with Gasteiger partial charge >= 0.3 is 0 Å². The second-order valence-electron chi connectivity index (χ2n) is 8.00. The van der Waals surface area contributed by atoms with Crippen LogP contribution in [-0.4, -0.2) is 47.8 Å². The number of aryl methyl sites for hydroxylation is 2. The first-order valence-corrected chi connectivity index (χ1v) is 12.7. The van der Waals surface area contributed by atoms with Crippen LogP contribution in [0, 0.1) is 0 Å². The largest absolute Gasteiger partial charge is 0.356 e. The van der Waals surface area contributed by atoms with Gasteiger partial charge in [-0.15, -0.1) is 0 Å². The lowest BCUT2D eigenvalue weighted by Crippen LogP contribution is -2.27. The fourth-order valence-corrected chi connectivity index (χ4v) is 5.52. The summed E-state index contributed by atoms with van der Waals surface area (Å²) in [5, 5.41) is 2.97. The molecule has 0 atom stereocenters. The van der Waals surface area contributed by atoms with Gasteiger partial charge in [0.25, 0.3) is 0 Å². The van der Waals surface area contributed by atoms with Gasteiger partial charge in [-0.2, -0.15) is 4.31 Å². The Kier molecular flexibility index (Phi) is 7.88. The Morgan fingerprint density at radius 2 is 1.90 bits per heavy atom. The molecule has 1 amide bonds. The van der Waals surface area contributed by atoms with E-state index >= 15 is 0 Å². The molecule has 1 aliphatic rings. The van der Waals surface area contributed by atoms with Gasteiger partial charge in [-0.3, -0.25) is 4.79 Å². The fraction of sp³-hybridized carbons (Fsp3) is 0.636. The van der Waals surface area contributed by atoms with Crippen molar-refractivity contribution in [1.82, 2.24) is 19.2 Å². The molecule has 0 unspecified atom stereocenters. The zero-order valence-corrected chi connectivity index (χ0v) is 19.0. The molecule has 0 aliphatic carbocycles. The first-order chi connectivity index (χ1) is 14.5. The van der Waals surface area contributed by atoms with Crippen molar-refractivity contribution in [3.63, 3.8) is 0 Å². The van der Waals surface area contributed by atoms with Gasteiger partial charge in [0, 0.05) is 39.0 Å². The number of nitrogens with zero attached hydrogens (tertiary/aromatic N) is 3. The molecule has 1 aliphatic heterocycles. The van der Waals surface area contributed by atoms with E-state index in [0.717, 1.165) is 63.0 Å². The average molecular weight is 435 g/mol. The van der Waals surface area contributed by atoms with Gasteiger partial charge in [0.05, 0.1) is 15.9 Å². The number of benzene rings is 1. The summed E-state index contributed by atoms with van der Waals surface area (Å²) >= 11 is 0. The lowest BCUT2D eigenvalue weighted by molar-refractivity contribution is -0.121. The molecule has 3 rings (SSSR count). The predicted molar refractivity (Wildman–Crippen MR) is 119 cm³/mol. The summed E-state index contributed by atoms with van der Waals surface area (Å²) < 4.78 is 29.5. The van der Waals surface area contributed by atoms with Crippen molar-refractivity contribution in [1.29, 1.82) is 0 Å². The summed E-state index contributed by atoms with van der Waals surface area (Å²) in [4.78, 5) is 17.2. The maximum absolute atomic E-state index is 12.9. The molecule has 1 aromatic heterocycles. The van der Waals surface area contributed by atoms with Crippen molar-refractivity contribution >= 4 is 27.0 Å². The number of imidazole rings is 1. The monoisotopic (exact) mass is 434 g/mol. The standard InChI is InChI=1S/C22H34N4O3S/c1-3-5-6-13-23-22(27)12-11-21-24-19-17-18(9-10-20(19)26(21)14-4-2)30(28,29)25-15-7-8-16-25/h9-10,17H,3-8,11-16H2,1-2H3,(H,23,27).